The van der Waals surface area contributed by atoms with Crippen molar-refractivity contribution >= 4 is 56.5 Å². The Hall–Kier alpha value is -4.77. The van der Waals surface area contributed by atoms with Gasteiger partial charge in [0.05, 0.1) is 22.6 Å². The lowest BCUT2D eigenvalue weighted by Crippen LogP contribution is -2.07. The van der Waals surface area contributed by atoms with Crippen molar-refractivity contribution in [2.45, 2.75) is 13.1 Å². The van der Waals surface area contributed by atoms with Gasteiger partial charge in [-0.05, 0) is 48.9 Å². The summed E-state index contributed by atoms with van der Waals surface area (Å²) in [6, 6.07) is 12.9. The monoisotopic (exact) mass is 546 g/mol. The van der Waals surface area contributed by atoms with Crippen molar-refractivity contribution in [2.24, 2.45) is 0 Å². The summed E-state index contributed by atoms with van der Waals surface area (Å²) in [5.74, 6) is 0.941. The normalized spacial score (nSPS) is 11.7. The van der Waals surface area contributed by atoms with Gasteiger partial charge in [-0.25, -0.2) is 24.9 Å². The molecule has 194 valence electrons. The van der Waals surface area contributed by atoms with Crippen molar-refractivity contribution in [1.29, 1.82) is 0 Å². The molecule has 0 aliphatic carbocycles. The van der Waals surface area contributed by atoms with Gasteiger partial charge in [0.15, 0.2) is 5.65 Å². The predicted octanol–water partition coefficient (Wildman–Crippen LogP) is 7.43. The highest BCUT2D eigenvalue weighted by Crippen LogP contribution is 2.39. The van der Waals surface area contributed by atoms with Crippen LogP contribution in [0.15, 0.2) is 73.6 Å². The Balaban J connectivity index is 1.42. The Labute approximate surface area is 224 Å². The van der Waals surface area contributed by atoms with Crippen molar-refractivity contribution in [3.63, 3.8) is 0 Å². The van der Waals surface area contributed by atoms with E-state index < -0.39 is 11.7 Å². The van der Waals surface area contributed by atoms with Crippen LogP contribution in [0.2, 0.25) is 5.02 Å². The first-order chi connectivity index (χ1) is 18.8. The third kappa shape index (κ3) is 4.57. The van der Waals surface area contributed by atoms with Crippen LogP contribution >= 0.6 is 11.6 Å². The number of hydrogen-bond acceptors (Lipinski definition) is 7. The number of hydrogen-bond donors (Lipinski definition) is 3. The Morgan fingerprint density at radius 2 is 1.69 bits per heavy atom. The molecule has 2 aromatic carbocycles. The number of aromatic amines is 1. The van der Waals surface area contributed by atoms with E-state index in [0.717, 1.165) is 28.3 Å². The van der Waals surface area contributed by atoms with E-state index in [0.29, 0.717) is 33.9 Å². The molecule has 3 N–H and O–H groups in total. The second-order valence-electron chi connectivity index (χ2n) is 8.68. The van der Waals surface area contributed by atoms with Crippen LogP contribution in [0, 0.1) is 6.92 Å². The number of aryl methyl sites for hydroxylation is 1. The van der Waals surface area contributed by atoms with E-state index in [9.17, 15) is 13.2 Å². The van der Waals surface area contributed by atoms with Crippen LogP contribution in [0.4, 0.5) is 36.2 Å². The molecule has 8 nitrogen and oxygen atoms in total. The zero-order valence-electron chi connectivity index (χ0n) is 20.2. The van der Waals surface area contributed by atoms with Crippen LogP contribution in [-0.4, -0.2) is 29.9 Å². The van der Waals surface area contributed by atoms with Crippen LogP contribution < -0.4 is 10.6 Å². The van der Waals surface area contributed by atoms with Crippen LogP contribution in [-0.2, 0) is 6.18 Å². The molecule has 0 atom stereocenters. The summed E-state index contributed by atoms with van der Waals surface area (Å²) in [5, 5.41) is 7.56. The van der Waals surface area contributed by atoms with E-state index in [1.165, 1.54) is 18.5 Å². The summed E-state index contributed by atoms with van der Waals surface area (Å²) in [5.41, 5.74) is 3.52. The fourth-order valence-corrected chi connectivity index (χ4v) is 4.59. The average molecular weight is 547 g/mol. The summed E-state index contributed by atoms with van der Waals surface area (Å²) >= 11 is 5.79. The summed E-state index contributed by atoms with van der Waals surface area (Å²) in [4.78, 5) is 24.9. The van der Waals surface area contributed by atoms with E-state index in [1.54, 1.807) is 18.7 Å². The van der Waals surface area contributed by atoms with Crippen molar-refractivity contribution in [2.75, 3.05) is 10.6 Å². The Morgan fingerprint density at radius 3 is 2.54 bits per heavy atom. The second kappa shape index (κ2) is 9.52. The predicted molar refractivity (Wildman–Crippen MR) is 144 cm³/mol. The third-order valence-corrected chi connectivity index (χ3v) is 6.54. The molecule has 12 heteroatoms. The molecule has 4 heterocycles. The van der Waals surface area contributed by atoms with Crippen LogP contribution in [0.5, 0.6) is 0 Å². The maximum Gasteiger partial charge on any atom is 0.417 e. The van der Waals surface area contributed by atoms with Gasteiger partial charge in [-0.1, -0.05) is 23.7 Å². The highest BCUT2D eigenvalue weighted by molar-refractivity contribution is 6.31. The van der Waals surface area contributed by atoms with Crippen molar-refractivity contribution < 1.29 is 13.2 Å². The maximum atomic E-state index is 13.4. The number of aromatic nitrogens is 6. The molecular formula is C27H18ClF3N8. The SMILES string of the molecule is Cc1ccc2c(Nc3ccc(Cl)c(C(F)(F)F)c3)nccc2c1Nc1ncccc1-c1ncnc2[nH]cnc12. The van der Waals surface area contributed by atoms with Gasteiger partial charge in [-0.2, -0.15) is 13.2 Å². The Kier molecular flexibility index (Phi) is 5.99. The zero-order chi connectivity index (χ0) is 27.1. The molecule has 0 amide bonds. The van der Waals surface area contributed by atoms with Crippen LogP contribution in [0.3, 0.4) is 0 Å². The minimum absolute atomic E-state index is 0.209. The van der Waals surface area contributed by atoms with E-state index in [-0.39, 0.29) is 10.7 Å². The molecule has 0 aliphatic rings. The van der Waals surface area contributed by atoms with Crippen molar-refractivity contribution in [1.82, 2.24) is 29.9 Å². The molecule has 0 spiro atoms. The molecule has 0 saturated heterocycles. The first kappa shape index (κ1) is 24.6. The number of benzene rings is 2. The van der Waals surface area contributed by atoms with Crippen molar-refractivity contribution in [3.8, 4) is 11.3 Å². The van der Waals surface area contributed by atoms with Gasteiger partial charge in [0.25, 0.3) is 0 Å². The van der Waals surface area contributed by atoms with Crippen LogP contribution in [0.25, 0.3) is 33.2 Å². The van der Waals surface area contributed by atoms with Gasteiger partial charge in [0, 0.05) is 34.4 Å². The fourth-order valence-electron chi connectivity index (χ4n) is 4.36. The summed E-state index contributed by atoms with van der Waals surface area (Å²) in [6.07, 6.45) is 1.69. The summed E-state index contributed by atoms with van der Waals surface area (Å²) in [7, 11) is 0. The molecule has 6 rings (SSSR count). The molecule has 4 aromatic heterocycles. The molecule has 6 aromatic rings. The number of nitrogens with one attached hydrogen (secondary N) is 3. The van der Waals surface area contributed by atoms with Crippen molar-refractivity contribution in [3.05, 3.63) is 89.7 Å². The molecule has 0 bridgehead atoms. The largest absolute Gasteiger partial charge is 0.417 e. The van der Waals surface area contributed by atoms with E-state index in [4.69, 9.17) is 11.6 Å². The number of imidazole rings is 1. The molecule has 0 aliphatic heterocycles. The number of H-pyrrole nitrogens is 1. The van der Waals surface area contributed by atoms with Crippen LogP contribution in [0.1, 0.15) is 11.1 Å². The maximum absolute atomic E-state index is 13.4. The number of pyridine rings is 2. The highest BCUT2D eigenvalue weighted by Gasteiger charge is 2.33. The Bertz CT molecular complexity index is 1850. The molecule has 39 heavy (non-hydrogen) atoms. The lowest BCUT2D eigenvalue weighted by atomic mass is 10.0. The number of nitrogens with zero attached hydrogens (tertiary/aromatic N) is 5. The first-order valence-electron chi connectivity index (χ1n) is 11.7. The van der Waals surface area contributed by atoms with Gasteiger partial charge in [-0.3, -0.25) is 0 Å². The smallest absolute Gasteiger partial charge is 0.340 e. The van der Waals surface area contributed by atoms with Gasteiger partial charge < -0.3 is 15.6 Å². The lowest BCUT2D eigenvalue weighted by molar-refractivity contribution is -0.137. The topological polar surface area (TPSA) is 104 Å². The number of alkyl halides is 3. The number of fused-ring (bicyclic) bond motifs is 2. The van der Waals surface area contributed by atoms with Gasteiger partial charge >= 0.3 is 6.18 Å². The standard InChI is InChI=1S/C27H18ClF3N8/c1-14-4-6-17-16(8-10-33-24(17)38-15-5-7-20(28)19(11-15)27(29,30)31)21(14)39-25-18(3-2-9-32-25)22-23-26(36-12-34-22)37-13-35-23/h2-13H,1H3,(H,32,39)(H,33,38)(H,34,35,36,37). The summed E-state index contributed by atoms with van der Waals surface area (Å²) < 4.78 is 40.2. The fraction of sp³-hybridized carbons (Fsp3) is 0.0741. The number of rotatable bonds is 5. The second-order valence-corrected chi connectivity index (χ2v) is 9.08. The van der Waals surface area contributed by atoms with E-state index in [1.807, 2.05) is 37.3 Å². The van der Waals surface area contributed by atoms with Gasteiger partial charge in [0.1, 0.15) is 29.2 Å². The number of anilines is 4. The van der Waals surface area contributed by atoms with E-state index >= 15 is 0 Å². The molecule has 0 radical (unpaired) electrons. The first-order valence-corrected chi connectivity index (χ1v) is 12.1. The Morgan fingerprint density at radius 1 is 0.846 bits per heavy atom. The minimum Gasteiger partial charge on any atom is -0.340 e. The zero-order valence-corrected chi connectivity index (χ0v) is 20.9. The average Bonchev–Trinajstić information content (AvgIpc) is 3.40. The molecule has 0 unspecified atom stereocenters. The quantitative estimate of drug-likeness (QED) is 0.206. The van der Waals surface area contributed by atoms with Gasteiger partial charge in [0.2, 0.25) is 0 Å². The third-order valence-electron chi connectivity index (χ3n) is 6.21. The molecule has 0 fully saturated rings. The highest BCUT2D eigenvalue weighted by atomic mass is 35.5. The van der Waals surface area contributed by atoms with Gasteiger partial charge in [-0.15, -0.1) is 0 Å². The molecular weight excluding hydrogens is 529 g/mol. The minimum atomic E-state index is -4.58. The number of halogens is 4. The summed E-state index contributed by atoms with van der Waals surface area (Å²) in [6.45, 7) is 1.95. The van der Waals surface area contributed by atoms with E-state index in [2.05, 4.69) is 40.5 Å². The lowest BCUT2D eigenvalue weighted by Gasteiger charge is -2.17. The molecule has 0 saturated carbocycles.